The SMILES string of the molecule is CN(C)CCCNC(=O)C1(c2ccccc2)CCCC1. The summed E-state index contributed by atoms with van der Waals surface area (Å²) in [4.78, 5) is 14.8. The van der Waals surface area contributed by atoms with Crippen LogP contribution in [0, 0.1) is 0 Å². The molecule has 0 heterocycles. The summed E-state index contributed by atoms with van der Waals surface area (Å²) in [5.41, 5.74) is 0.905. The summed E-state index contributed by atoms with van der Waals surface area (Å²) in [6.07, 6.45) is 5.27. The van der Waals surface area contributed by atoms with Gasteiger partial charge in [-0.1, -0.05) is 43.2 Å². The summed E-state index contributed by atoms with van der Waals surface area (Å²) in [5, 5.41) is 3.15. The zero-order chi connectivity index (χ0) is 14.4. The molecule has 20 heavy (non-hydrogen) atoms. The highest BCUT2D eigenvalue weighted by atomic mass is 16.2. The molecule has 1 N–H and O–H groups in total. The van der Waals surface area contributed by atoms with Crippen molar-refractivity contribution in [3.63, 3.8) is 0 Å². The van der Waals surface area contributed by atoms with Crippen molar-refractivity contribution in [2.24, 2.45) is 0 Å². The lowest BCUT2D eigenvalue weighted by Crippen LogP contribution is -2.43. The number of hydrogen-bond acceptors (Lipinski definition) is 2. The van der Waals surface area contributed by atoms with E-state index >= 15 is 0 Å². The molecule has 0 aliphatic heterocycles. The normalized spacial score (nSPS) is 17.4. The number of carbonyl (C=O) groups excluding carboxylic acids is 1. The third-order valence-corrected chi connectivity index (χ3v) is 4.29. The Morgan fingerprint density at radius 2 is 1.85 bits per heavy atom. The number of rotatable bonds is 6. The van der Waals surface area contributed by atoms with E-state index in [1.54, 1.807) is 0 Å². The molecule has 0 bridgehead atoms. The van der Waals surface area contributed by atoms with E-state index in [-0.39, 0.29) is 11.3 Å². The molecule has 0 radical (unpaired) electrons. The van der Waals surface area contributed by atoms with Gasteiger partial charge in [0.05, 0.1) is 5.41 Å². The van der Waals surface area contributed by atoms with Crippen molar-refractivity contribution in [1.29, 1.82) is 0 Å². The molecule has 1 aliphatic carbocycles. The predicted octanol–water partition coefficient (Wildman–Crippen LogP) is 2.57. The van der Waals surface area contributed by atoms with Crippen LogP contribution in [0.5, 0.6) is 0 Å². The van der Waals surface area contributed by atoms with Crippen molar-refractivity contribution in [2.75, 3.05) is 27.2 Å². The molecule has 1 aromatic rings. The van der Waals surface area contributed by atoms with Crippen molar-refractivity contribution in [1.82, 2.24) is 10.2 Å². The smallest absolute Gasteiger partial charge is 0.230 e. The second kappa shape index (κ2) is 6.89. The van der Waals surface area contributed by atoms with E-state index in [9.17, 15) is 4.79 Å². The van der Waals surface area contributed by atoms with Gasteiger partial charge in [0, 0.05) is 6.54 Å². The zero-order valence-corrected chi connectivity index (χ0v) is 12.7. The molecule has 3 heteroatoms. The quantitative estimate of drug-likeness (QED) is 0.809. The number of nitrogens with zero attached hydrogens (tertiary/aromatic N) is 1. The fraction of sp³-hybridized carbons (Fsp3) is 0.588. The average Bonchev–Trinajstić information content (AvgIpc) is 2.95. The van der Waals surface area contributed by atoms with Crippen LogP contribution in [-0.4, -0.2) is 38.0 Å². The van der Waals surface area contributed by atoms with Crippen LogP contribution in [0.1, 0.15) is 37.7 Å². The maximum absolute atomic E-state index is 12.7. The molecular formula is C17H26N2O. The first-order chi connectivity index (χ1) is 9.65. The van der Waals surface area contributed by atoms with E-state index in [0.29, 0.717) is 0 Å². The maximum atomic E-state index is 12.7. The van der Waals surface area contributed by atoms with Gasteiger partial charge in [-0.05, 0) is 45.5 Å². The lowest BCUT2D eigenvalue weighted by molar-refractivity contribution is -0.126. The van der Waals surface area contributed by atoms with Crippen LogP contribution in [0.15, 0.2) is 30.3 Å². The van der Waals surface area contributed by atoms with Gasteiger partial charge in [-0.3, -0.25) is 4.79 Å². The van der Waals surface area contributed by atoms with Crippen LogP contribution in [0.2, 0.25) is 0 Å². The third kappa shape index (κ3) is 3.40. The molecule has 1 saturated carbocycles. The van der Waals surface area contributed by atoms with Gasteiger partial charge in [0.1, 0.15) is 0 Å². The van der Waals surface area contributed by atoms with Crippen LogP contribution < -0.4 is 5.32 Å². The molecule has 0 atom stereocenters. The number of hydrogen-bond donors (Lipinski definition) is 1. The Morgan fingerprint density at radius 1 is 1.20 bits per heavy atom. The second-order valence-corrected chi connectivity index (χ2v) is 6.07. The third-order valence-electron chi connectivity index (χ3n) is 4.29. The first-order valence-corrected chi connectivity index (χ1v) is 7.64. The fourth-order valence-electron chi connectivity index (χ4n) is 3.15. The summed E-state index contributed by atoms with van der Waals surface area (Å²) in [6, 6.07) is 10.3. The minimum absolute atomic E-state index is 0.222. The van der Waals surface area contributed by atoms with Gasteiger partial charge in [0.15, 0.2) is 0 Å². The van der Waals surface area contributed by atoms with Gasteiger partial charge in [-0.15, -0.1) is 0 Å². The van der Waals surface area contributed by atoms with Crippen molar-refractivity contribution >= 4 is 5.91 Å². The van der Waals surface area contributed by atoms with Crippen molar-refractivity contribution in [3.05, 3.63) is 35.9 Å². The van der Waals surface area contributed by atoms with Crippen molar-refractivity contribution < 1.29 is 4.79 Å². The Hall–Kier alpha value is -1.35. The molecule has 0 saturated heterocycles. The minimum Gasteiger partial charge on any atom is -0.355 e. The Kier molecular flexibility index (Phi) is 5.18. The predicted molar refractivity (Wildman–Crippen MR) is 82.8 cm³/mol. The highest BCUT2D eigenvalue weighted by Gasteiger charge is 2.42. The molecule has 110 valence electrons. The first-order valence-electron chi connectivity index (χ1n) is 7.64. The molecule has 1 aliphatic rings. The summed E-state index contributed by atoms with van der Waals surface area (Å²) in [6.45, 7) is 1.78. The largest absolute Gasteiger partial charge is 0.355 e. The Labute approximate surface area is 122 Å². The minimum atomic E-state index is -0.278. The van der Waals surface area contributed by atoms with Crippen molar-refractivity contribution in [2.45, 2.75) is 37.5 Å². The van der Waals surface area contributed by atoms with E-state index in [1.807, 2.05) is 18.2 Å². The molecule has 2 rings (SSSR count). The number of amides is 1. The molecule has 1 fully saturated rings. The Bertz CT molecular complexity index is 422. The van der Waals surface area contributed by atoms with Crippen LogP contribution >= 0.6 is 0 Å². The molecule has 0 unspecified atom stereocenters. The van der Waals surface area contributed by atoms with Crippen LogP contribution in [0.4, 0.5) is 0 Å². The lowest BCUT2D eigenvalue weighted by Gasteiger charge is -2.28. The van der Waals surface area contributed by atoms with Gasteiger partial charge in [-0.25, -0.2) is 0 Å². The number of carbonyl (C=O) groups is 1. The topological polar surface area (TPSA) is 32.3 Å². The summed E-state index contributed by atoms with van der Waals surface area (Å²) >= 11 is 0. The lowest BCUT2D eigenvalue weighted by atomic mass is 9.78. The number of nitrogens with one attached hydrogen (secondary N) is 1. The van der Waals surface area contributed by atoms with Crippen molar-refractivity contribution in [3.8, 4) is 0 Å². The van der Waals surface area contributed by atoms with Gasteiger partial charge in [0.2, 0.25) is 5.91 Å². The zero-order valence-electron chi connectivity index (χ0n) is 12.7. The Balaban J connectivity index is 2.00. The molecular weight excluding hydrogens is 248 g/mol. The van der Waals surface area contributed by atoms with Gasteiger partial charge in [0.25, 0.3) is 0 Å². The highest BCUT2D eigenvalue weighted by molar-refractivity contribution is 5.88. The average molecular weight is 274 g/mol. The van der Waals surface area contributed by atoms with E-state index in [2.05, 4.69) is 36.4 Å². The van der Waals surface area contributed by atoms with E-state index in [0.717, 1.165) is 45.2 Å². The van der Waals surface area contributed by atoms with Gasteiger partial charge < -0.3 is 10.2 Å². The summed E-state index contributed by atoms with van der Waals surface area (Å²) < 4.78 is 0. The van der Waals surface area contributed by atoms with Crippen LogP contribution in [0.3, 0.4) is 0 Å². The molecule has 3 nitrogen and oxygen atoms in total. The number of benzene rings is 1. The van der Waals surface area contributed by atoms with E-state index in [1.165, 1.54) is 5.56 Å². The molecule has 0 aromatic heterocycles. The van der Waals surface area contributed by atoms with Gasteiger partial charge >= 0.3 is 0 Å². The maximum Gasteiger partial charge on any atom is 0.230 e. The molecule has 1 amide bonds. The fourth-order valence-corrected chi connectivity index (χ4v) is 3.15. The molecule has 0 spiro atoms. The first kappa shape index (κ1) is 15.0. The monoisotopic (exact) mass is 274 g/mol. The summed E-state index contributed by atoms with van der Waals surface area (Å²) in [7, 11) is 4.12. The second-order valence-electron chi connectivity index (χ2n) is 6.07. The van der Waals surface area contributed by atoms with Gasteiger partial charge in [-0.2, -0.15) is 0 Å². The Morgan fingerprint density at radius 3 is 2.45 bits per heavy atom. The van der Waals surface area contributed by atoms with E-state index < -0.39 is 0 Å². The standard InChI is InChI=1S/C17H26N2O/c1-19(2)14-8-13-18-16(20)17(11-6-7-12-17)15-9-4-3-5-10-15/h3-5,9-10H,6-8,11-14H2,1-2H3,(H,18,20). The van der Waals surface area contributed by atoms with Crippen LogP contribution in [-0.2, 0) is 10.2 Å². The highest BCUT2D eigenvalue weighted by Crippen LogP contribution is 2.41. The molecule has 1 aromatic carbocycles. The summed E-state index contributed by atoms with van der Waals surface area (Å²) in [5.74, 6) is 0.222. The van der Waals surface area contributed by atoms with Crippen LogP contribution in [0.25, 0.3) is 0 Å². The van der Waals surface area contributed by atoms with E-state index in [4.69, 9.17) is 0 Å².